The second-order valence-corrected chi connectivity index (χ2v) is 11.6. The Labute approximate surface area is 227 Å². The molecule has 0 aliphatic rings. The Morgan fingerprint density at radius 3 is 1.13 bits per heavy atom. The molecule has 0 heterocycles. The molecule has 198 valence electrons. The number of rotatable bonds is 5. The first-order valence-corrected chi connectivity index (χ1v) is 13.2. The number of aromatic hydroxyl groups is 1. The van der Waals surface area contributed by atoms with Crippen molar-refractivity contribution in [3.8, 4) is 33.8 Å². The molecule has 4 aromatic carbocycles. The summed E-state index contributed by atoms with van der Waals surface area (Å²) in [6.45, 7) is 21.2. The van der Waals surface area contributed by atoms with Crippen molar-refractivity contribution in [2.24, 2.45) is 0 Å². The second kappa shape index (κ2) is 9.96. The van der Waals surface area contributed by atoms with Crippen molar-refractivity contribution in [2.75, 3.05) is 0 Å². The zero-order valence-corrected chi connectivity index (χ0v) is 24.4. The molecule has 0 atom stereocenters. The summed E-state index contributed by atoms with van der Waals surface area (Å²) in [5.41, 5.74) is 15.7. The molecular weight excluding hydrogens is 468 g/mol. The van der Waals surface area contributed by atoms with Gasteiger partial charge in [-0.05, 0) is 158 Å². The molecule has 3 nitrogen and oxygen atoms in total. The van der Waals surface area contributed by atoms with Crippen LogP contribution in [0.1, 0.15) is 69.5 Å². The average Bonchev–Trinajstić information content (AvgIpc) is 2.81. The second-order valence-electron chi connectivity index (χ2n) is 11.6. The third-order valence-corrected chi connectivity index (χ3v) is 8.13. The van der Waals surface area contributed by atoms with Crippen LogP contribution in [0.5, 0.6) is 11.5 Å². The Morgan fingerprint density at radius 2 is 0.816 bits per heavy atom. The lowest BCUT2D eigenvalue weighted by Gasteiger charge is -2.30. The van der Waals surface area contributed by atoms with Gasteiger partial charge in [-0.1, -0.05) is 38.1 Å². The van der Waals surface area contributed by atoms with Crippen molar-refractivity contribution >= 4 is 0 Å². The van der Waals surface area contributed by atoms with E-state index in [-0.39, 0.29) is 5.41 Å². The predicted molar refractivity (Wildman–Crippen MR) is 159 cm³/mol. The summed E-state index contributed by atoms with van der Waals surface area (Å²) in [6.07, 6.45) is 0. The van der Waals surface area contributed by atoms with E-state index in [0.717, 1.165) is 33.4 Å². The van der Waals surface area contributed by atoms with E-state index in [0.29, 0.717) is 11.5 Å². The summed E-state index contributed by atoms with van der Waals surface area (Å²) < 4.78 is 0. The Morgan fingerprint density at radius 1 is 0.500 bits per heavy atom. The lowest BCUT2D eigenvalue weighted by Crippen LogP contribution is -2.20. The smallest absolute Gasteiger partial charge is 0.170 e. The molecule has 0 saturated carbocycles. The van der Waals surface area contributed by atoms with Gasteiger partial charge in [-0.2, -0.15) is 0 Å². The molecular formula is C35H40O3. The summed E-state index contributed by atoms with van der Waals surface area (Å²) in [4.78, 5) is 4.60. The van der Waals surface area contributed by atoms with E-state index >= 15 is 0 Å². The summed E-state index contributed by atoms with van der Waals surface area (Å²) in [6, 6.07) is 17.6. The van der Waals surface area contributed by atoms with Crippen molar-refractivity contribution in [1.29, 1.82) is 0 Å². The van der Waals surface area contributed by atoms with Crippen LogP contribution in [0.4, 0.5) is 0 Å². The Hall–Kier alpha value is -3.56. The van der Waals surface area contributed by atoms with E-state index < -0.39 is 0 Å². The van der Waals surface area contributed by atoms with Crippen LogP contribution in [-0.4, -0.2) is 10.4 Å². The Balaban J connectivity index is 1.79. The Bertz CT molecular complexity index is 1460. The van der Waals surface area contributed by atoms with Gasteiger partial charge >= 0.3 is 0 Å². The molecule has 4 aromatic rings. The molecule has 0 radical (unpaired) electrons. The van der Waals surface area contributed by atoms with Gasteiger partial charge in [0.05, 0.1) is 0 Å². The molecule has 3 heteroatoms. The molecule has 38 heavy (non-hydrogen) atoms. The Kier molecular flexibility index (Phi) is 7.20. The van der Waals surface area contributed by atoms with Crippen LogP contribution < -0.4 is 4.89 Å². The first-order valence-electron chi connectivity index (χ1n) is 13.2. The normalized spacial score (nSPS) is 11.7. The number of aryl methyl sites for hydroxylation is 8. The third kappa shape index (κ3) is 4.72. The highest BCUT2D eigenvalue weighted by Crippen LogP contribution is 2.41. The maximum absolute atomic E-state index is 10.3. The van der Waals surface area contributed by atoms with Gasteiger partial charge in [0.1, 0.15) is 5.75 Å². The third-order valence-electron chi connectivity index (χ3n) is 8.13. The molecule has 0 saturated heterocycles. The standard InChI is InChI=1S/C35H40O3/c1-19-15-29(16-20(2)31(19)27-11-23(5)33(36)24(6)12-27)35(9,10)30-17-21(3)32(22(4)18-30)28-13-25(7)34(38-37)26(8)14-28/h11-18,36-37H,1-10H3. The average molecular weight is 509 g/mol. The number of phenolic OH excluding ortho intramolecular Hbond substituents is 1. The highest BCUT2D eigenvalue weighted by Gasteiger charge is 2.26. The molecule has 4 rings (SSSR count). The maximum Gasteiger partial charge on any atom is 0.170 e. The van der Waals surface area contributed by atoms with E-state index in [4.69, 9.17) is 0 Å². The summed E-state index contributed by atoms with van der Waals surface area (Å²) in [7, 11) is 0. The minimum Gasteiger partial charge on any atom is -0.507 e. The monoisotopic (exact) mass is 508 g/mol. The summed E-state index contributed by atoms with van der Waals surface area (Å²) in [5, 5.41) is 19.5. The SMILES string of the molecule is Cc1cc(-c2c(C)cc(C(C)(C)c3cc(C)c(-c4cc(C)c(OO)c(C)c4)c(C)c3)cc2C)cc(C)c1O. The lowest BCUT2D eigenvalue weighted by atomic mass is 9.74. The van der Waals surface area contributed by atoms with Crippen LogP contribution in [0.15, 0.2) is 48.5 Å². The molecule has 2 N–H and O–H groups in total. The lowest BCUT2D eigenvalue weighted by molar-refractivity contribution is -0.138. The molecule has 0 aliphatic heterocycles. The molecule has 0 amide bonds. The van der Waals surface area contributed by atoms with Crippen LogP contribution in [0.2, 0.25) is 0 Å². The fourth-order valence-corrected chi connectivity index (χ4v) is 6.06. The fraction of sp³-hybridized carbons (Fsp3) is 0.314. The van der Waals surface area contributed by atoms with Gasteiger partial charge in [-0.3, -0.25) is 0 Å². The van der Waals surface area contributed by atoms with Gasteiger partial charge in [0.25, 0.3) is 0 Å². The molecule has 0 bridgehead atoms. The van der Waals surface area contributed by atoms with E-state index in [1.807, 2.05) is 27.7 Å². The summed E-state index contributed by atoms with van der Waals surface area (Å²) in [5.74, 6) is 0.896. The summed E-state index contributed by atoms with van der Waals surface area (Å²) >= 11 is 0. The quantitative estimate of drug-likeness (QED) is 0.208. The minimum atomic E-state index is -0.191. The first kappa shape index (κ1) is 27.5. The topological polar surface area (TPSA) is 49.7 Å². The highest BCUT2D eigenvalue weighted by atomic mass is 17.1. The maximum atomic E-state index is 10.3. The largest absolute Gasteiger partial charge is 0.507 e. The first-order chi connectivity index (χ1) is 17.8. The number of phenols is 1. The van der Waals surface area contributed by atoms with Crippen molar-refractivity contribution in [3.05, 3.63) is 104 Å². The zero-order valence-electron chi connectivity index (χ0n) is 24.4. The molecule has 0 aromatic heterocycles. The number of hydrogen-bond acceptors (Lipinski definition) is 3. The van der Waals surface area contributed by atoms with Gasteiger partial charge in [0, 0.05) is 5.41 Å². The van der Waals surface area contributed by atoms with Crippen LogP contribution in [0.25, 0.3) is 22.3 Å². The van der Waals surface area contributed by atoms with E-state index in [1.54, 1.807) is 0 Å². The van der Waals surface area contributed by atoms with Crippen LogP contribution in [0, 0.1) is 55.4 Å². The van der Waals surface area contributed by atoms with Crippen LogP contribution in [0.3, 0.4) is 0 Å². The van der Waals surface area contributed by atoms with Crippen molar-refractivity contribution in [1.82, 2.24) is 0 Å². The molecule has 0 unspecified atom stereocenters. The zero-order chi connectivity index (χ0) is 28.1. The molecule has 0 spiro atoms. The van der Waals surface area contributed by atoms with E-state index in [1.165, 1.54) is 44.5 Å². The van der Waals surface area contributed by atoms with E-state index in [2.05, 4.69) is 95.0 Å². The van der Waals surface area contributed by atoms with Crippen molar-refractivity contribution < 1.29 is 15.3 Å². The van der Waals surface area contributed by atoms with Gasteiger partial charge in [-0.15, -0.1) is 0 Å². The van der Waals surface area contributed by atoms with Crippen molar-refractivity contribution in [3.63, 3.8) is 0 Å². The van der Waals surface area contributed by atoms with Gasteiger partial charge < -0.3 is 9.99 Å². The van der Waals surface area contributed by atoms with Gasteiger partial charge in [0.15, 0.2) is 5.75 Å². The van der Waals surface area contributed by atoms with Gasteiger partial charge in [-0.25, -0.2) is 5.26 Å². The number of benzene rings is 4. The fourth-order valence-electron chi connectivity index (χ4n) is 6.06. The minimum absolute atomic E-state index is 0.191. The molecule has 0 aliphatic carbocycles. The molecule has 0 fully saturated rings. The van der Waals surface area contributed by atoms with Crippen molar-refractivity contribution in [2.45, 2.75) is 74.7 Å². The predicted octanol–water partition coefficient (Wildman–Crippen LogP) is 9.37. The van der Waals surface area contributed by atoms with Crippen LogP contribution >= 0.6 is 0 Å². The van der Waals surface area contributed by atoms with Gasteiger partial charge in [0.2, 0.25) is 0 Å². The number of hydrogen-bond donors (Lipinski definition) is 2. The highest BCUT2D eigenvalue weighted by molar-refractivity contribution is 5.76. The van der Waals surface area contributed by atoms with Crippen LogP contribution in [-0.2, 0) is 5.41 Å². The van der Waals surface area contributed by atoms with E-state index in [9.17, 15) is 10.4 Å².